The normalized spacial score (nSPS) is 15.7. The zero-order chi connectivity index (χ0) is 20.6. The van der Waals surface area contributed by atoms with Crippen LogP contribution in [0.5, 0.6) is 5.75 Å². The lowest BCUT2D eigenvalue weighted by atomic mass is 9.69. The Morgan fingerprint density at radius 2 is 2.10 bits per heavy atom. The van der Waals surface area contributed by atoms with E-state index in [4.69, 9.17) is 14.2 Å². The Balaban J connectivity index is 1.89. The van der Waals surface area contributed by atoms with Gasteiger partial charge < -0.3 is 18.8 Å². The molecule has 2 heterocycles. The molecule has 0 N–H and O–H groups in total. The molecule has 4 rings (SSSR count). The number of hydrogen-bond donors (Lipinski definition) is 0. The fourth-order valence-corrected chi connectivity index (χ4v) is 4.45. The second-order valence-corrected chi connectivity index (χ2v) is 7.58. The predicted octanol–water partition coefficient (Wildman–Crippen LogP) is 3.80. The highest BCUT2D eigenvalue weighted by Crippen LogP contribution is 2.49. The van der Waals surface area contributed by atoms with Gasteiger partial charge in [0.15, 0.2) is 5.43 Å². The Labute approximate surface area is 169 Å². The number of esters is 1. The maximum atomic E-state index is 12.7. The fraction of sp³-hybridized carbons (Fsp3) is 0.391. The fourth-order valence-electron chi connectivity index (χ4n) is 4.45. The maximum Gasteiger partial charge on any atom is 0.343 e. The number of pyridine rings is 1. The van der Waals surface area contributed by atoms with Crippen LogP contribution in [0.15, 0.2) is 42.0 Å². The van der Waals surface area contributed by atoms with Crippen LogP contribution in [0, 0.1) is 0 Å². The number of fused-ring (bicyclic) bond motifs is 4. The number of aromatic nitrogens is 1. The monoisotopic (exact) mass is 395 g/mol. The summed E-state index contributed by atoms with van der Waals surface area (Å²) in [5.74, 6) is 0.131. The molecule has 2 aromatic rings. The summed E-state index contributed by atoms with van der Waals surface area (Å²) in [6, 6.07) is 5.62. The summed E-state index contributed by atoms with van der Waals surface area (Å²) in [5, 5.41) is 0. The zero-order valence-corrected chi connectivity index (χ0v) is 16.8. The number of carbonyl (C=O) groups is 1. The Morgan fingerprint density at radius 1 is 1.31 bits per heavy atom. The summed E-state index contributed by atoms with van der Waals surface area (Å²) in [7, 11) is 1.62. The van der Waals surface area contributed by atoms with Crippen molar-refractivity contribution >= 4 is 5.97 Å². The topological polar surface area (TPSA) is 66.8 Å². The van der Waals surface area contributed by atoms with E-state index in [2.05, 4.69) is 17.2 Å². The van der Waals surface area contributed by atoms with Gasteiger partial charge in [-0.05, 0) is 50.3 Å². The molecule has 1 spiro atoms. The van der Waals surface area contributed by atoms with E-state index in [1.165, 1.54) is 6.26 Å². The van der Waals surface area contributed by atoms with Crippen LogP contribution >= 0.6 is 0 Å². The van der Waals surface area contributed by atoms with Crippen molar-refractivity contribution in [2.24, 2.45) is 0 Å². The number of methoxy groups -OCH3 is 1. The van der Waals surface area contributed by atoms with Crippen molar-refractivity contribution < 1.29 is 19.0 Å². The third-order valence-electron chi connectivity index (χ3n) is 6.00. The summed E-state index contributed by atoms with van der Waals surface area (Å²) in [5.41, 5.74) is 3.54. The van der Waals surface area contributed by atoms with Gasteiger partial charge in [0.25, 0.3) is 0 Å². The van der Waals surface area contributed by atoms with Gasteiger partial charge in [-0.3, -0.25) is 4.79 Å². The second kappa shape index (κ2) is 7.43. The molecular formula is C23H25NO5. The van der Waals surface area contributed by atoms with E-state index >= 15 is 0 Å². The number of rotatable bonds is 6. The highest BCUT2D eigenvalue weighted by molar-refractivity contribution is 5.89. The van der Waals surface area contributed by atoms with Gasteiger partial charge >= 0.3 is 5.97 Å². The Bertz CT molecular complexity index is 1030. The molecule has 152 valence electrons. The van der Waals surface area contributed by atoms with E-state index in [1.807, 2.05) is 6.07 Å². The van der Waals surface area contributed by atoms with Gasteiger partial charge in [-0.15, -0.1) is 0 Å². The van der Waals surface area contributed by atoms with Crippen LogP contribution in [0.4, 0.5) is 0 Å². The van der Waals surface area contributed by atoms with Gasteiger partial charge in [0.2, 0.25) is 0 Å². The van der Waals surface area contributed by atoms with Crippen LogP contribution < -0.4 is 10.2 Å². The van der Waals surface area contributed by atoms with Crippen molar-refractivity contribution in [2.45, 2.75) is 44.8 Å². The maximum absolute atomic E-state index is 12.7. The van der Waals surface area contributed by atoms with Crippen molar-refractivity contribution in [3.8, 4) is 17.0 Å². The number of hydrogen-bond acceptors (Lipinski definition) is 5. The van der Waals surface area contributed by atoms with Crippen LogP contribution in [-0.4, -0.2) is 24.3 Å². The SMILES string of the molecule is C=COCc1cc2c(cc1OC)-c1cc(=O)c(C(=O)OCC)cn1C1(CCC1)C2. The van der Waals surface area contributed by atoms with Crippen LogP contribution in [0.2, 0.25) is 0 Å². The van der Waals surface area contributed by atoms with E-state index in [1.54, 1.807) is 26.3 Å². The van der Waals surface area contributed by atoms with E-state index < -0.39 is 5.97 Å². The molecule has 6 heteroatoms. The molecule has 29 heavy (non-hydrogen) atoms. The number of nitrogens with zero attached hydrogens (tertiary/aromatic N) is 1. The van der Waals surface area contributed by atoms with Crippen LogP contribution in [0.25, 0.3) is 11.3 Å². The third-order valence-corrected chi connectivity index (χ3v) is 6.00. The smallest absolute Gasteiger partial charge is 0.343 e. The van der Waals surface area contributed by atoms with Gasteiger partial charge in [0.05, 0.1) is 25.7 Å². The summed E-state index contributed by atoms with van der Waals surface area (Å²) < 4.78 is 18.1. The number of carbonyl (C=O) groups excluding carboxylic acids is 1. The number of ether oxygens (including phenoxy) is 3. The lowest BCUT2D eigenvalue weighted by Gasteiger charge is -2.49. The molecule has 0 amide bonds. The minimum atomic E-state index is -0.567. The molecule has 0 radical (unpaired) electrons. The first-order valence-electron chi connectivity index (χ1n) is 9.90. The molecule has 1 saturated carbocycles. The van der Waals surface area contributed by atoms with E-state index in [0.29, 0.717) is 12.4 Å². The van der Waals surface area contributed by atoms with Gasteiger partial charge in [0.1, 0.15) is 17.9 Å². The standard InChI is InChI=1S/C23H25NO5/c1-4-28-14-16-9-15-12-23(7-6-8-23)24-13-18(22(26)29-5-2)20(25)11-19(24)17(15)10-21(16)27-3/h4,9-11,13H,1,5-8,12,14H2,2-3H3. The molecular weight excluding hydrogens is 370 g/mol. The largest absolute Gasteiger partial charge is 0.497 e. The molecule has 2 aliphatic rings. The lowest BCUT2D eigenvalue weighted by Crippen LogP contribution is -2.46. The zero-order valence-electron chi connectivity index (χ0n) is 16.8. The van der Waals surface area contributed by atoms with Crippen molar-refractivity contribution in [3.05, 3.63) is 64.2 Å². The van der Waals surface area contributed by atoms with Gasteiger partial charge in [0, 0.05) is 28.9 Å². The lowest BCUT2D eigenvalue weighted by molar-refractivity contribution is 0.0521. The first-order chi connectivity index (χ1) is 14.0. The molecule has 1 fully saturated rings. The molecule has 0 atom stereocenters. The first-order valence-corrected chi connectivity index (χ1v) is 9.90. The van der Waals surface area contributed by atoms with Gasteiger partial charge in [-0.1, -0.05) is 6.58 Å². The van der Waals surface area contributed by atoms with E-state index in [0.717, 1.165) is 48.1 Å². The van der Waals surface area contributed by atoms with Crippen molar-refractivity contribution in [1.29, 1.82) is 0 Å². The summed E-state index contributed by atoms with van der Waals surface area (Å²) >= 11 is 0. The highest BCUT2D eigenvalue weighted by Gasteiger charge is 2.43. The van der Waals surface area contributed by atoms with Crippen LogP contribution in [0.3, 0.4) is 0 Å². The molecule has 0 bridgehead atoms. The average Bonchev–Trinajstić information content (AvgIpc) is 2.69. The summed E-state index contributed by atoms with van der Waals surface area (Å²) in [6.45, 7) is 5.95. The highest BCUT2D eigenvalue weighted by atomic mass is 16.5. The molecule has 1 aromatic heterocycles. The minimum Gasteiger partial charge on any atom is -0.497 e. The molecule has 0 unspecified atom stereocenters. The summed E-state index contributed by atoms with van der Waals surface area (Å²) in [4.78, 5) is 25.0. The molecule has 6 nitrogen and oxygen atoms in total. The van der Waals surface area contributed by atoms with Gasteiger partial charge in [-0.2, -0.15) is 0 Å². The minimum absolute atomic E-state index is 0.0910. The molecule has 1 aliphatic heterocycles. The van der Waals surface area contributed by atoms with E-state index in [9.17, 15) is 9.59 Å². The quantitative estimate of drug-likeness (QED) is 0.550. The van der Waals surface area contributed by atoms with E-state index in [-0.39, 0.29) is 23.1 Å². The number of benzene rings is 1. The van der Waals surface area contributed by atoms with Crippen LogP contribution in [0.1, 0.15) is 47.7 Å². The first kappa shape index (κ1) is 19.3. The molecule has 1 aliphatic carbocycles. The average molecular weight is 395 g/mol. The Kier molecular flexibility index (Phi) is 4.94. The van der Waals surface area contributed by atoms with Crippen molar-refractivity contribution in [2.75, 3.05) is 13.7 Å². The Morgan fingerprint density at radius 3 is 2.72 bits per heavy atom. The van der Waals surface area contributed by atoms with Crippen LogP contribution in [-0.2, 0) is 28.0 Å². The van der Waals surface area contributed by atoms with Crippen molar-refractivity contribution in [1.82, 2.24) is 4.57 Å². The van der Waals surface area contributed by atoms with Crippen molar-refractivity contribution in [3.63, 3.8) is 0 Å². The predicted molar refractivity (Wildman–Crippen MR) is 109 cm³/mol. The molecule has 0 saturated heterocycles. The second-order valence-electron chi connectivity index (χ2n) is 7.58. The molecule has 1 aromatic carbocycles. The van der Waals surface area contributed by atoms with Gasteiger partial charge in [-0.25, -0.2) is 4.79 Å². The Hall–Kier alpha value is -3.02. The third kappa shape index (κ3) is 3.12. The summed E-state index contributed by atoms with van der Waals surface area (Å²) in [6.07, 6.45) is 7.09.